The van der Waals surface area contributed by atoms with E-state index in [0.29, 0.717) is 11.8 Å². The zero-order chi connectivity index (χ0) is 18.3. The summed E-state index contributed by atoms with van der Waals surface area (Å²) in [4.78, 5) is 0. The van der Waals surface area contributed by atoms with E-state index in [2.05, 4.69) is 25.7 Å². The highest BCUT2D eigenvalue weighted by Crippen LogP contribution is 2.64. The summed E-state index contributed by atoms with van der Waals surface area (Å²) in [7, 11) is 0. The van der Waals surface area contributed by atoms with Crippen LogP contribution in [0, 0.1) is 17.8 Å². The number of hydrogen-bond donors (Lipinski definition) is 3. The fourth-order valence-corrected chi connectivity index (χ4v) is 6.08. The molecule has 3 heterocycles. The van der Waals surface area contributed by atoms with Gasteiger partial charge in [-0.15, -0.1) is 0 Å². The van der Waals surface area contributed by atoms with E-state index in [0.717, 1.165) is 35.9 Å². The summed E-state index contributed by atoms with van der Waals surface area (Å²) >= 11 is 0. The van der Waals surface area contributed by atoms with Crippen molar-refractivity contribution >= 4 is 16.6 Å². The van der Waals surface area contributed by atoms with Gasteiger partial charge in [0.15, 0.2) is 0 Å². The van der Waals surface area contributed by atoms with Gasteiger partial charge in [-0.05, 0) is 60.6 Å². The van der Waals surface area contributed by atoms with Crippen molar-refractivity contribution in [1.82, 2.24) is 20.4 Å². The quantitative estimate of drug-likeness (QED) is 0.584. The predicted molar refractivity (Wildman–Crippen MR) is 93.1 cm³/mol. The molecule has 1 aliphatic heterocycles. The number of rotatable bonds is 1. The number of alkyl halides is 3. The molecule has 2 saturated carbocycles. The van der Waals surface area contributed by atoms with Crippen molar-refractivity contribution in [2.45, 2.75) is 37.4 Å². The minimum absolute atomic E-state index is 0.149. The Hall–Kier alpha value is -2.51. The van der Waals surface area contributed by atoms with Gasteiger partial charge in [0, 0.05) is 16.6 Å². The maximum absolute atomic E-state index is 13.5. The molecule has 2 aromatic heterocycles. The van der Waals surface area contributed by atoms with Crippen LogP contribution in [0.3, 0.4) is 0 Å². The first-order chi connectivity index (χ1) is 13.0. The Morgan fingerprint density at radius 1 is 1.00 bits per heavy atom. The molecule has 0 saturated heterocycles. The molecule has 2 fully saturated rings. The summed E-state index contributed by atoms with van der Waals surface area (Å²) in [6.07, 6.45) is 2.11. The number of halogens is 3. The number of hydrogen-bond acceptors (Lipinski definition) is 3. The Balaban J connectivity index is 1.55. The van der Waals surface area contributed by atoms with Gasteiger partial charge in [-0.2, -0.15) is 23.4 Å². The average Bonchev–Trinajstić information content (AvgIpc) is 3.43. The maximum Gasteiger partial charge on any atom is 0.433 e. The van der Waals surface area contributed by atoms with Crippen LogP contribution in [0.4, 0.5) is 18.9 Å². The van der Waals surface area contributed by atoms with Crippen LogP contribution in [0.5, 0.6) is 0 Å². The lowest BCUT2D eigenvalue weighted by atomic mass is 9.67. The van der Waals surface area contributed by atoms with Gasteiger partial charge in [0.05, 0.1) is 24.0 Å². The van der Waals surface area contributed by atoms with Crippen molar-refractivity contribution in [1.29, 1.82) is 0 Å². The molecule has 2 bridgehead atoms. The van der Waals surface area contributed by atoms with Crippen LogP contribution in [0.2, 0.25) is 0 Å². The van der Waals surface area contributed by atoms with Crippen LogP contribution in [0.1, 0.15) is 48.0 Å². The van der Waals surface area contributed by atoms with Gasteiger partial charge in [0.1, 0.15) is 5.69 Å². The molecular weight excluding hydrogens is 355 g/mol. The van der Waals surface area contributed by atoms with Gasteiger partial charge in [-0.25, -0.2) is 0 Å². The third-order valence-corrected chi connectivity index (χ3v) is 6.96. The molecule has 27 heavy (non-hydrogen) atoms. The first-order valence-corrected chi connectivity index (χ1v) is 9.35. The van der Waals surface area contributed by atoms with Gasteiger partial charge in [0.25, 0.3) is 0 Å². The fourth-order valence-electron chi connectivity index (χ4n) is 6.08. The fraction of sp³-hybridized carbons (Fsp3) is 0.474. The van der Waals surface area contributed by atoms with Crippen LogP contribution < -0.4 is 5.32 Å². The minimum atomic E-state index is -4.44. The topological polar surface area (TPSA) is 69.4 Å². The Morgan fingerprint density at radius 3 is 2.67 bits per heavy atom. The zero-order valence-electron chi connectivity index (χ0n) is 14.3. The van der Waals surface area contributed by atoms with Gasteiger partial charge in [-0.1, -0.05) is 0 Å². The van der Waals surface area contributed by atoms with Crippen molar-refractivity contribution in [2.75, 3.05) is 5.32 Å². The molecule has 2 aliphatic carbocycles. The molecule has 5 unspecified atom stereocenters. The molecule has 0 radical (unpaired) electrons. The van der Waals surface area contributed by atoms with Gasteiger partial charge < -0.3 is 5.32 Å². The Labute approximate surface area is 152 Å². The molecule has 140 valence electrons. The summed E-state index contributed by atoms with van der Waals surface area (Å²) in [6, 6.07) is 3.54. The maximum atomic E-state index is 13.5. The second kappa shape index (κ2) is 5.05. The van der Waals surface area contributed by atoms with Crippen molar-refractivity contribution in [3.63, 3.8) is 0 Å². The SMILES string of the molecule is FC(F)(F)c1[nH]ncc1C1Nc2ccc3[nH]ncc3c2C2C3CCC(C3)C12. The first-order valence-electron chi connectivity index (χ1n) is 9.35. The first kappa shape index (κ1) is 15.5. The summed E-state index contributed by atoms with van der Waals surface area (Å²) in [5.74, 6) is 1.40. The number of anilines is 1. The standard InChI is InChI=1S/C19H18F3N5/c20-19(21,22)18-11(7-24-27-18)17-15-9-2-1-8(5-9)14(15)16-10-6-23-26-12(10)3-4-13(16)25-17/h3-4,6-9,14-15,17,25H,1-2,5H2,(H,23,26)(H,24,27). The van der Waals surface area contributed by atoms with E-state index in [9.17, 15) is 13.2 Å². The molecule has 5 nitrogen and oxygen atoms in total. The smallest absolute Gasteiger partial charge is 0.378 e. The molecule has 0 amide bonds. The molecule has 5 atom stereocenters. The molecule has 3 aliphatic rings. The lowest BCUT2D eigenvalue weighted by Crippen LogP contribution is -2.36. The second-order valence-corrected chi connectivity index (χ2v) is 8.11. The highest BCUT2D eigenvalue weighted by Gasteiger charge is 2.55. The minimum Gasteiger partial charge on any atom is -0.378 e. The lowest BCUT2D eigenvalue weighted by molar-refractivity contribution is -0.142. The molecule has 3 N–H and O–H groups in total. The van der Waals surface area contributed by atoms with Crippen molar-refractivity contribution < 1.29 is 13.2 Å². The summed E-state index contributed by atoms with van der Waals surface area (Å²) in [6.45, 7) is 0. The lowest BCUT2D eigenvalue weighted by Gasteiger charge is -2.43. The monoisotopic (exact) mass is 373 g/mol. The largest absolute Gasteiger partial charge is 0.433 e. The normalized spacial score (nSPS) is 31.7. The highest BCUT2D eigenvalue weighted by atomic mass is 19.4. The number of H-pyrrole nitrogens is 2. The van der Waals surface area contributed by atoms with E-state index in [1.807, 2.05) is 18.3 Å². The summed E-state index contributed by atoms with van der Waals surface area (Å²) < 4.78 is 40.6. The van der Waals surface area contributed by atoms with Gasteiger partial charge in [-0.3, -0.25) is 10.2 Å². The van der Waals surface area contributed by atoms with E-state index >= 15 is 0 Å². The number of fused-ring (bicyclic) bond motifs is 9. The number of nitrogens with zero attached hydrogens (tertiary/aromatic N) is 2. The van der Waals surface area contributed by atoms with Crippen molar-refractivity contribution in [3.8, 4) is 0 Å². The van der Waals surface area contributed by atoms with Crippen molar-refractivity contribution in [3.05, 3.63) is 41.3 Å². The van der Waals surface area contributed by atoms with E-state index < -0.39 is 11.9 Å². The Kier molecular flexibility index (Phi) is 2.91. The number of nitrogens with one attached hydrogen (secondary N) is 3. The number of aromatic amines is 2. The summed E-state index contributed by atoms with van der Waals surface area (Å²) in [5.41, 5.74) is 2.65. The molecule has 6 rings (SSSR count). The van der Waals surface area contributed by atoms with Gasteiger partial charge >= 0.3 is 6.18 Å². The van der Waals surface area contributed by atoms with Crippen LogP contribution in [0.25, 0.3) is 10.9 Å². The number of aromatic nitrogens is 4. The van der Waals surface area contributed by atoms with E-state index in [1.165, 1.54) is 11.8 Å². The Morgan fingerprint density at radius 2 is 1.81 bits per heavy atom. The molecule has 8 heteroatoms. The zero-order valence-corrected chi connectivity index (χ0v) is 14.3. The third kappa shape index (κ3) is 2.01. The van der Waals surface area contributed by atoms with Crippen LogP contribution in [0.15, 0.2) is 24.5 Å². The average molecular weight is 373 g/mol. The molecule has 3 aromatic rings. The molecule has 1 aromatic carbocycles. The van der Waals surface area contributed by atoms with Crippen LogP contribution in [-0.2, 0) is 6.18 Å². The van der Waals surface area contributed by atoms with Crippen molar-refractivity contribution in [2.24, 2.45) is 17.8 Å². The van der Waals surface area contributed by atoms with E-state index in [4.69, 9.17) is 0 Å². The van der Waals surface area contributed by atoms with E-state index in [-0.39, 0.29) is 23.4 Å². The molecular formula is C19H18F3N5. The molecule has 0 spiro atoms. The van der Waals surface area contributed by atoms with Gasteiger partial charge in [0.2, 0.25) is 0 Å². The predicted octanol–water partition coefficient (Wildman–Crippen LogP) is 4.60. The summed E-state index contributed by atoms with van der Waals surface area (Å²) in [5, 5.41) is 17.7. The van der Waals surface area contributed by atoms with Crippen LogP contribution >= 0.6 is 0 Å². The second-order valence-electron chi connectivity index (χ2n) is 8.11. The Bertz CT molecular complexity index is 1040. The van der Waals surface area contributed by atoms with Crippen LogP contribution in [-0.4, -0.2) is 20.4 Å². The highest BCUT2D eigenvalue weighted by molar-refractivity contribution is 5.88. The van der Waals surface area contributed by atoms with E-state index in [1.54, 1.807) is 0 Å². The third-order valence-electron chi connectivity index (χ3n) is 6.96. The number of benzene rings is 1.